The Kier molecular flexibility index (Phi) is 12.0. The second-order valence-electron chi connectivity index (χ2n) is 16.3. The molecule has 1 heterocycles. The number of carbonyl (C=O) groups is 1. The Morgan fingerprint density at radius 3 is 2.46 bits per heavy atom. The molecule has 4 fully saturated rings. The number of halogens is 2. The molecule has 4 aliphatic rings. The maximum absolute atomic E-state index is 15.1. The van der Waals surface area contributed by atoms with Crippen molar-refractivity contribution in [2.45, 2.75) is 105 Å². The van der Waals surface area contributed by atoms with Crippen LogP contribution in [0, 0.1) is 40.8 Å². The van der Waals surface area contributed by atoms with E-state index in [4.69, 9.17) is 16.4 Å². The van der Waals surface area contributed by atoms with Crippen molar-refractivity contribution in [2.75, 3.05) is 27.2 Å². The van der Waals surface area contributed by atoms with Gasteiger partial charge in [-0.1, -0.05) is 76.6 Å². The van der Waals surface area contributed by atoms with E-state index in [9.17, 15) is 9.90 Å². The number of aliphatic hydroxyl groups is 1. The summed E-state index contributed by atoms with van der Waals surface area (Å²) in [6, 6.07) is 13.0. The average molecular weight is 685 g/mol. The van der Waals surface area contributed by atoms with Gasteiger partial charge in [0, 0.05) is 48.2 Å². The minimum absolute atomic E-state index is 0.0568. The molecule has 1 aliphatic heterocycles. The molecule has 1 saturated heterocycles. The summed E-state index contributed by atoms with van der Waals surface area (Å²) < 4.78 is 15.1. The van der Waals surface area contributed by atoms with Crippen LogP contribution in [0.3, 0.4) is 0 Å². The number of hydroxylamine groups is 2. The van der Waals surface area contributed by atoms with E-state index in [1.54, 1.807) is 24.1 Å². The maximum Gasteiger partial charge on any atom is 0.240 e. The highest BCUT2D eigenvalue weighted by Gasteiger charge is 2.57. The number of nitrogens with zero attached hydrogens (tertiary/aromatic N) is 3. The molecule has 9 heteroatoms. The monoisotopic (exact) mass is 684 g/mol. The molecule has 1 amide bonds. The Morgan fingerprint density at radius 1 is 1.12 bits per heavy atom. The van der Waals surface area contributed by atoms with Crippen molar-refractivity contribution in [1.29, 1.82) is 0 Å². The van der Waals surface area contributed by atoms with Gasteiger partial charge in [-0.25, -0.2) is 4.39 Å². The van der Waals surface area contributed by atoms with Crippen molar-refractivity contribution in [3.8, 4) is 0 Å². The third-order valence-electron chi connectivity index (χ3n) is 11.7. The zero-order chi connectivity index (χ0) is 34.9. The lowest BCUT2D eigenvalue weighted by Crippen LogP contribution is -2.62. The van der Waals surface area contributed by atoms with Crippen LogP contribution < -0.4 is 5.32 Å². The van der Waals surface area contributed by atoms with Crippen LogP contribution in [0.2, 0.25) is 5.02 Å². The largest absolute Gasteiger partial charge is 0.393 e. The maximum atomic E-state index is 15.1. The van der Waals surface area contributed by atoms with E-state index in [1.165, 1.54) is 12.5 Å². The van der Waals surface area contributed by atoms with Crippen molar-refractivity contribution in [2.24, 2.45) is 35.0 Å². The van der Waals surface area contributed by atoms with Crippen molar-refractivity contribution in [3.05, 3.63) is 70.0 Å². The number of hydrogen-bond acceptors (Lipinski definition) is 6. The highest BCUT2D eigenvalue weighted by atomic mass is 35.5. The summed E-state index contributed by atoms with van der Waals surface area (Å²) >= 11 is 6.53. The number of amides is 1. The molecule has 6 rings (SSSR count). The Morgan fingerprint density at radius 2 is 1.83 bits per heavy atom. The van der Waals surface area contributed by atoms with Gasteiger partial charge in [-0.15, -0.1) is 0 Å². The van der Waals surface area contributed by atoms with E-state index in [0.29, 0.717) is 65.9 Å². The Balaban J connectivity index is 1.34. The second kappa shape index (κ2) is 15.4. The average Bonchev–Trinajstić information content (AvgIpc) is 3.42. The summed E-state index contributed by atoms with van der Waals surface area (Å²) in [4.78, 5) is 24.6. The lowest BCUT2D eigenvalue weighted by atomic mass is 9.45. The van der Waals surface area contributed by atoms with Gasteiger partial charge < -0.3 is 15.3 Å². The van der Waals surface area contributed by atoms with Crippen LogP contribution in [0.5, 0.6) is 0 Å². The number of likely N-dealkylation sites (N-methyl/N-ethyl adjacent to an activating group) is 1. The minimum Gasteiger partial charge on any atom is -0.393 e. The van der Waals surface area contributed by atoms with Gasteiger partial charge in [0.2, 0.25) is 5.91 Å². The molecular weight excluding hydrogens is 627 g/mol. The van der Waals surface area contributed by atoms with E-state index in [1.807, 2.05) is 6.07 Å². The summed E-state index contributed by atoms with van der Waals surface area (Å²) in [5, 5.41) is 16.3. The lowest BCUT2D eigenvalue weighted by Gasteiger charge is -2.62. The first-order valence-electron chi connectivity index (χ1n) is 17.9. The van der Waals surface area contributed by atoms with Gasteiger partial charge in [0.25, 0.3) is 0 Å². The number of hydrogen-bond donors (Lipinski definition) is 2. The first-order valence-corrected chi connectivity index (χ1v) is 18.3. The quantitative estimate of drug-likeness (QED) is 0.229. The summed E-state index contributed by atoms with van der Waals surface area (Å²) in [7, 11) is 4.15. The van der Waals surface area contributed by atoms with Crippen LogP contribution in [0.25, 0.3) is 0 Å². The Labute approximate surface area is 293 Å². The standard InChI is InChI=1S/C39H58ClFN4O3/c1-24(2)15-30(21-43(7)8)44(22-31-34(40)13-10-14-35(31)41)19-27-11-9-12-28(16-27)20-45-37(32(23-48-45)26(4)46)38(47)42-36-18-29-17-33(25(36)3)39(29,5)6/h9-14,16,24-26,29-30,32-33,36-37,46H,15,17-23H2,1-8H3,(H,42,47)/t25-,26-,29+,30-,32-,33-,36-,37-/m0/s1. The number of fused-ring (bicyclic) bond motifs is 2. The number of nitrogens with one attached hydrogen (secondary N) is 1. The zero-order valence-electron chi connectivity index (χ0n) is 30.3. The fourth-order valence-electron chi connectivity index (χ4n) is 8.79. The molecule has 2 aromatic carbocycles. The molecule has 0 radical (unpaired) electrons. The van der Waals surface area contributed by atoms with E-state index in [0.717, 1.165) is 30.5 Å². The van der Waals surface area contributed by atoms with Crippen LogP contribution in [0.1, 0.15) is 77.5 Å². The van der Waals surface area contributed by atoms with Crippen molar-refractivity contribution in [1.82, 2.24) is 20.2 Å². The normalized spacial score (nSPS) is 28.1. The number of carbonyl (C=O) groups excluding carboxylic acids is 1. The molecule has 48 heavy (non-hydrogen) atoms. The molecule has 0 aromatic heterocycles. The topological polar surface area (TPSA) is 68.3 Å². The molecule has 3 aliphatic carbocycles. The van der Waals surface area contributed by atoms with E-state index in [-0.39, 0.29) is 29.7 Å². The number of rotatable bonds is 14. The van der Waals surface area contributed by atoms with Crippen LogP contribution >= 0.6 is 11.6 Å². The number of benzene rings is 2. The minimum atomic E-state index is -0.679. The first kappa shape index (κ1) is 37.2. The smallest absolute Gasteiger partial charge is 0.240 e. The lowest BCUT2D eigenvalue weighted by molar-refractivity contribution is -0.161. The third-order valence-corrected chi connectivity index (χ3v) is 12.0. The summed E-state index contributed by atoms with van der Waals surface area (Å²) in [5.74, 6) is 1.48. The first-order chi connectivity index (χ1) is 22.6. The van der Waals surface area contributed by atoms with Gasteiger partial charge in [-0.05, 0) is 92.6 Å². The fraction of sp³-hybridized carbons (Fsp3) is 0.667. The molecule has 3 saturated carbocycles. The predicted molar refractivity (Wildman–Crippen MR) is 190 cm³/mol. The fourth-order valence-corrected chi connectivity index (χ4v) is 9.02. The third kappa shape index (κ3) is 8.27. The summed E-state index contributed by atoms with van der Waals surface area (Å²) in [6.07, 6.45) is 2.54. The number of aliphatic hydroxyl groups excluding tert-OH is 1. The van der Waals surface area contributed by atoms with E-state index < -0.39 is 12.1 Å². The Bertz CT molecular complexity index is 1370. The predicted octanol–water partition coefficient (Wildman–Crippen LogP) is 6.76. The summed E-state index contributed by atoms with van der Waals surface area (Å²) in [6.45, 7) is 15.8. The van der Waals surface area contributed by atoms with Crippen LogP contribution in [0.4, 0.5) is 4.39 Å². The van der Waals surface area contributed by atoms with Gasteiger partial charge in [-0.3, -0.25) is 14.5 Å². The van der Waals surface area contributed by atoms with E-state index in [2.05, 4.69) is 82.0 Å². The summed E-state index contributed by atoms with van der Waals surface area (Å²) in [5.41, 5.74) is 2.97. The van der Waals surface area contributed by atoms with E-state index >= 15 is 4.39 Å². The molecule has 2 N–H and O–H groups in total. The second-order valence-corrected chi connectivity index (χ2v) is 16.7. The highest BCUT2D eigenvalue weighted by molar-refractivity contribution is 6.31. The SMILES string of the molecule is CC(C)C[C@@H](CN(C)C)N(Cc1cccc(CN2OC[C@@H]([C@H](C)O)[C@H]2C(=O)N[C@H]2C[C@H]3C[C@@H]([C@@H]2C)C3(C)C)c1)Cc1c(F)cccc1Cl. The molecule has 2 bridgehead atoms. The molecule has 7 nitrogen and oxygen atoms in total. The molecular formula is C39H58ClFN4O3. The van der Waals surface area contributed by atoms with Crippen LogP contribution in [-0.4, -0.2) is 77.4 Å². The molecule has 8 atom stereocenters. The van der Waals surface area contributed by atoms with Gasteiger partial charge in [0.15, 0.2) is 0 Å². The Hall–Kier alpha value is -2.07. The highest BCUT2D eigenvalue weighted by Crippen LogP contribution is 2.61. The van der Waals surface area contributed by atoms with Crippen molar-refractivity contribution in [3.63, 3.8) is 0 Å². The van der Waals surface area contributed by atoms with Gasteiger partial charge in [0.1, 0.15) is 11.9 Å². The molecule has 2 aromatic rings. The molecule has 0 unspecified atom stereocenters. The van der Waals surface area contributed by atoms with Gasteiger partial charge >= 0.3 is 0 Å². The molecule has 0 spiro atoms. The van der Waals surface area contributed by atoms with Crippen LogP contribution in [-0.2, 0) is 29.3 Å². The van der Waals surface area contributed by atoms with Gasteiger partial charge in [-0.2, -0.15) is 5.06 Å². The van der Waals surface area contributed by atoms with Gasteiger partial charge in [0.05, 0.1) is 19.3 Å². The molecule has 266 valence electrons. The van der Waals surface area contributed by atoms with Crippen molar-refractivity contribution < 1.29 is 19.1 Å². The van der Waals surface area contributed by atoms with Crippen LogP contribution in [0.15, 0.2) is 42.5 Å². The zero-order valence-corrected chi connectivity index (χ0v) is 31.0. The van der Waals surface area contributed by atoms with Crippen molar-refractivity contribution >= 4 is 17.5 Å².